The lowest BCUT2D eigenvalue weighted by molar-refractivity contribution is -0.425. The van der Waals surface area contributed by atoms with E-state index in [9.17, 15) is 4.79 Å². The molecule has 0 aromatic rings. The third kappa shape index (κ3) is 2.14. The summed E-state index contributed by atoms with van der Waals surface area (Å²) in [6, 6.07) is -0.0255. The average Bonchev–Trinajstić information content (AvgIpc) is 2.16. The normalized spacial score (nSPS) is 25.1. The van der Waals surface area contributed by atoms with E-state index in [0.717, 1.165) is 13.0 Å². The van der Waals surface area contributed by atoms with Crippen molar-refractivity contribution in [1.29, 1.82) is 0 Å². The van der Waals surface area contributed by atoms with Crippen molar-refractivity contribution in [3.8, 4) is 0 Å². The summed E-state index contributed by atoms with van der Waals surface area (Å²) in [4.78, 5) is 11.4. The van der Waals surface area contributed by atoms with Crippen molar-refractivity contribution in [2.75, 3.05) is 6.54 Å². The highest BCUT2D eigenvalue weighted by Crippen LogP contribution is 2.10. The van der Waals surface area contributed by atoms with Gasteiger partial charge in [-0.15, -0.1) is 0 Å². The molecular weight excluding hydrogens is 152 g/mol. The minimum absolute atomic E-state index is 0.00546. The number of hydrogen-bond donors (Lipinski definition) is 1. The number of amides is 1. The molecule has 1 fully saturated rings. The smallest absolute Gasteiger partial charge is 0.297 e. The SMILES string of the molecule is C=[N+]1CCC(NC(C)(C)C)C1=O. The highest BCUT2D eigenvalue weighted by molar-refractivity contribution is 5.76. The molecule has 1 aliphatic rings. The zero-order valence-electron chi connectivity index (χ0n) is 8.05. The molecule has 1 rings (SSSR count). The maximum Gasteiger partial charge on any atom is 0.403 e. The van der Waals surface area contributed by atoms with E-state index in [1.807, 2.05) is 0 Å². The Morgan fingerprint density at radius 3 is 2.50 bits per heavy atom. The molecular formula is C9H17N2O+. The van der Waals surface area contributed by atoms with E-state index in [1.165, 1.54) is 4.58 Å². The summed E-state index contributed by atoms with van der Waals surface area (Å²) < 4.78 is 1.53. The predicted molar refractivity (Wildman–Crippen MR) is 48.5 cm³/mol. The van der Waals surface area contributed by atoms with Crippen LogP contribution in [0.2, 0.25) is 0 Å². The van der Waals surface area contributed by atoms with Gasteiger partial charge in [-0.3, -0.25) is 5.32 Å². The van der Waals surface area contributed by atoms with Gasteiger partial charge in [0, 0.05) is 12.0 Å². The van der Waals surface area contributed by atoms with Gasteiger partial charge in [0.15, 0.2) is 6.54 Å². The Kier molecular flexibility index (Phi) is 2.33. The van der Waals surface area contributed by atoms with E-state index < -0.39 is 0 Å². The van der Waals surface area contributed by atoms with E-state index >= 15 is 0 Å². The Bertz CT molecular complexity index is 215. The number of carbonyl (C=O) groups excluding carboxylic acids is 1. The Hall–Kier alpha value is -0.700. The summed E-state index contributed by atoms with van der Waals surface area (Å²) in [5.74, 6) is 0.116. The van der Waals surface area contributed by atoms with Crippen LogP contribution in [0.5, 0.6) is 0 Å². The zero-order valence-corrected chi connectivity index (χ0v) is 8.05. The first-order valence-electron chi connectivity index (χ1n) is 4.30. The summed E-state index contributed by atoms with van der Waals surface area (Å²) in [6.07, 6.45) is 0.875. The van der Waals surface area contributed by atoms with Gasteiger partial charge in [0.25, 0.3) is 0 Å². The molecule has 1 saturated heterocycles. The molecule has 1 atom stereocenters. The van der Waals surface area contributed by atoms with E-state index in [0.29, 0.717) is 0 Å². The van der Waals surface area contributed by atoms with Crippen molar-refractivity contribution in [3.05, 3.63) is 0 Å². The van der Waals surface area contributed by atoms with Gasteiger partial charge in [0.05, 0.1) is 0 Å². The molecule has 1 aliphatic heterocycles. The number of carbonyl (C=O) groups is 1. The highest BCUT2D eigenvalue weighted by Gasteiger charge is 2.37. The first kappa shape index (κ1) is 9.39. The van der Waals surface area contributed by atoms with Crippen molar-refractivity contribution in [1.82, 2.24) is 5.32 Å². The Balaban J connectivity index is 2.56. The van der Waals surface area contributed by atoms with Crippen LogP contribution in [0.3, 0.4) is 0 Å². The van der Waals surface area contributed by atoms with Crippen molar-refractivity contribution in [3.63, 3.8) is 0 Å². The number of hydrogen-bond acceptors (Lipinski definition) is 2. The lowest BCUT2D eigenvalue weighted by Gasteiger charge is -2.22. The van der Waals surface area contributed by atoms with Gasteiger partial charge in [0.1, 0.15) is 12.8 Å². The summed E-state index contributed by atoms with van der Waals surface area (Å²) in [5.41, 5.74) is 0.00546. The van der Waals surface area contributed by atoms with Crippen LogP contribution in [0.15, 0.2) is 0 Å². The molecule has 1 amide bonds. The lowest BCUT2D eigenvalue weighted by Crippen LogP contribution is -2.46. The molecule has 0 bridgehead atoms. The molecule has 1 N–H and O–H groups in total. The maximum atomic E-state index is 11.4. The molecule has 1 heterocycles. The number of nitrogens with zero attached hydrogens (tertiary/aromatic N) is 1. The Morgan fingerprint density at radius 2 is 2.17 bits per heavy atom. The molecule has 3 nitrogen and oxygen atoms in total. The Labute approximate surface area is 73.5 Å². The predicted octanol–water partition coefficient (Wildman–Crippen LogP) is 0.386. The van der Waals surface area contributed by atoms with E-state index in [2.05, 4.69) is 32.8 Å². The molecule has 68 valence electrons. The van der Waals surface area contributed by atoms with Crippen LogP contribution < -0.4 is 5.32 Å². The summed E-state index contributed by atoms with van der Waals surface area (Å²) in [6.45, 7) is 10.6. The molecule has 0 aliphatic carbocycles. The Morgan fingerprint density at radius 1 is 1.58 bits per heavy atom. The molecule has 0 aromatic carbocycles. The first-order chi connectivity index (χ1) is 5.40. The van der Waals surface area contributed by atoms with Crippen LogP contribution >= 0.6 is 0 Å². The van der Waals surface area contributed by atoms with E-state index in [1.54, 1.807) is 0 Å². The topological polar surface area (TPSA) is 32.1 Å². The van der Waals surface area contributed by atoms with Crippen LogP contribution in [-0.2, 0) is 4.79 Å². The van der Waals surface area contributed by atoms with Gasteiger partial charge in [-0.2, -0.15) is 4.58 Å². The molecule has 0 spiro atoms. The standard InChI is InChI=1S/C9H17N2O/c1-9(2,3)10-7-5-6-11(4)8(7)12/h7,10H,4-6H2,1-3H3/q+1. The molecule has 1 unspecified atom stereocenters. The fraction of sp³-hybridized carbons (Fsp3) is 0.778. The van der Waals surface area contributed by atoms with Gasteiger partial charge in [-0.25, -0.2) is 4.79 Å². The second-order valence-electron chi connectivity index (χ2n) is 4.34. The van der Waals surface area contributed by atoms with Crippen LogP contribution in [-0.4, -0.2) is 35.3 Å². The molecule has 0 saturated carbocycles. The second-order valence-corrected chi connectivity index (χ2v) is 4.34. The zero-order chi connectivity index (χ0) is 9.35. The third-order valence-corrected chi connectivity index (χ3v) is 1.90. The molecule has 0 aromatic heterocycles. The molecule has 12 heavy (non-hydrogen) atoms. The summed E-state index contributed by atoms with van der Waals surface area (Å²) in [5, 5.41) is 3.27. The first-order valence-corrected chi connectivity index (χ1v) is 4.30. The summed E-state index contributed by atoms with van der Waals surface area (Å²) in [7, 11) is 0. The molecule has 0 radical (unpaired) electrons. The van der Waals surface area contributed by atoms with Gasteiger partial charge in [-0.05, 0) is 20.8 Å². The van der Waals surface area contributed by atoms with Gasteiger partial charge < -0.3 is 0 Å². The van der Waals surface area contributed by atoms with Crippen LogP contribution in [0, 0.1) is 0 Å². The summed E-state index contributed by atoms with van der Waals surface area (Å²) >= 11 is 0. The average molecular weight is 169 g/mol. The monoisotopic (exact) mass is 169 g/mol. The minimum atomic E-state index is -0.0255. The van der Waals surface area contributed by atoms with Crippen molar-refractivity contribution in [2.45, 2.75) is 38.8 Å². The number of nitrogens with one attached hydrogen (secondary N) is 1. The van der Waals surface area contributed by atoms with Crippen molar-refractivity contribution < 1.29 is 9.37 Å². The van der Waals surface area contributed by atoms with Crippen molar-refractivity contribution in [2.24, 2.45) is 0 Å². The fourth-order valence-corrected chi connectivity index (χ4v) is 1.40. The third-order valence-electron chi connectivity index (χ3n) is 1.90. The van der Waals surface area contributed by atoms with Gasteiger partial charge in [0.2, 0.25) is 0 Å². The van der Waals surface area contributed by atoms with Crippen LogP contribution in [0.4, 0.5) is 0 Å². The quantitative estimate of drug-likeness (QED) is 0.576. The van der Waals surface area contributed by atoms with Gasteiger partial charge >= 0.3 is 5.91 Å². The van der Waals surface area contributed by atoms with Crippen molar-refractivity contribution >= 4 is 12.6 Å². The fourth-order valence-electron chi connectivity index (χ4n) is 1.40. The minimum Gasteiger partial charge on any atom is -0.297 e. The second kappa shape index (κ2) is 2.98. The molecule has 3 heteroatoms. The van der Waals surface area contributed by atoms with E-state index in [-0.39, 0.29) is 17.5 Å². The highest BCUT2D eigenvalue weighted by atomic mass is 16.2. The van der Waals surface area contributed by atoms with Gasteiger partial charge in [-0.1, -0.05) is 0 Å². The van der Waals surface area contributed by atoms with E-state index in [4.69, 9.17) is 0 Å². The largest absolute Gasteiger partial charge is 0.403 e. The number of rotatable bonds is 1. The lowest BCUT2D eigenvalue weighted by atomic mass is 10.1. The maximum absolute atomic E-state index is 11.4. The van der Waals surface area contributed by atoms with Crippen LogP contribution in [0.1, 0.15) is 27.2 Å². The van der Waals surface area contributed by atoms with Crippen LogP contribution in [0.25, 0.3) is 0 Å².